The Kier molecular flexibility index (Phi) is 3.82. The molecule has 2 fully saturated rings. The predicted molar refractivity (Wildman–Crippen MR) is 79.5 cm³/mol. The highest BCUT2D eigenvalue weighted by molar-refractivity contribution is 5.93. The molecular weight excluding hydrogens is 268 g/mol. The molecule has 0 spiro atoms. The van der Waals surface area contributed by atoms with E-state index in [-0.39, 0.29) is 11.6 Å². The molecule has 2 N–H and O–H groups in total. The van der Waals surface area contributed by atoms with E-state index in [4.69, 9.17) is 5.11 Å². The van der Waals surface area contributed by atoms with Crippen LogP contribution >= 0.6 is 0 Å². The zero-order valence-corrected chi connectivity index (χ0v) is 11.9. The predicted octanol–water partition coefficient (Wildman–Crippen LogP) is 3.18. The maximum atomic E-state index is 12.5. The van der Waals surface area contributed by atoms with E-state index in [0.717, 1.165) is 19.4 Å². The van der Waals surface area contributed by atoms with Crippen molar-refractivity contribution in [2.45, 2.75) is 38.1 Å². The van der Waals surface area contributed by atoms with Gasteiger partial charge in [0.15, 0.2) is 0 Å². The summed E-state index contributed by atoms with van der Waals surface area (Å²) in [6.07, 6.45) is 5.80. The van der Waals surface area contributed by atoms with Crippen molar-refractivity contribution in [3.05, 3.63) is 29.8 Å². The van der Waals surface area contributed by atoms with E-state index < -0.39 is 5.97 Å². The molecule has 3 rings (SSSR count). The van der Waals surface area contributed by atoms with Gasteiger partial charge in [-0.1, -0.05) is 12.5 Å². The summed E-state index contributed by atoms with van der Waals surface area (Å²) < 4.78 is 0. The quantitative estimate of drug-likeness (QED) is 0.878. The molecular formula is C16H20N2O3. The number of carboxylic acid groups (broad SMARTS) is 1. The van der Waals surface area contributed by atoms with Gasteiger partial charge in [-0.05, 0) is 49.8 Å². The first-order valence-electron chi connectivity index (χ1n) is 7.56. The molecule has 0 radical (unpaired) electrons. The lowest BCUT2D eigenvalue weighted by Gasteiger charge is -2.37. The molecule has 2 unspecified atom stereocenters. The fourth-order valence-electron chi connectivity index (χ4n) is 3.63. The minimum Gasteiger partial charge on any atom is -0.478 e. The van der Waals surface area contributed by atoms with Gasteiger partial charge in [-0.25, -0.2) is 9.59 Å². The van der Waals surface area contributed by atoms with E-state index in [1.807, 2.05) is 4.90 Å². The van der Waals surface area contributed by atoms with Gasteiger partial charge in [-0.3, -0.25) is 0 Å². The van der Waals surface area contributed by atoms with Crippen LogP contribution in [0.1, 0.15) is 42.5 Å². The Balaban J connectivity index is 1.71. The van der Waals surface area contributed by atoms with Crippen LogP contribution in [-0.2, 0) is 0 Å². The molecule has 1 saturated carbocycles. The number of piperidine rings is 1. The molecule has 0 bridgehead atoms. The monoisotopic (exact) mass is 288 g/mol. The van der Waals surface area contributed by atoms with Crippen molar-refractivity contribution >= 4 is 17.7 Å². The van der Waals surface area contributed by atoms with Gasteiger partial charge in [0.05, 0.1) is 5.56 Å². The molecule has 2 amide bonds. The van der Waals surface area contributed by atoms with Gasteiger partial charge in [-0.2, -0.15) is 0 Å². The third-order valence-electron chi connectivity index (χ3n) is 4.61. The Hall–Kier alpha value is -2.04. The smallest absolute Gasteiger partial charge is 0.335 e. The number of carbonyl (C=O) groups excluding carboxylic acids is 1. The lowest BCUT2D eigenvalue weighted by Crippen LogP contribution is -2.48. The van der Waals surface area contributed by atoms with Crippen molar-refractivity contribution < 1.29 is 14.7 Å². The van der Waals surface area contributed by atoms with E-state index in [1.165, 1.54) is 31.4 Å². The lowest BCUT2D eigenvalue weighted by atomic mass is 9.92. The fourth-order valence-corrected chi connectivity index (χ4v) is 3.63. The molecule has 1 aromatic carbocycles. The summed E-state index contributed by atoms with van der Waals surface area (Å²) in [6.45, 7) is 0.797. The van der Waals surface area contributed by atoms with Crippen LogP contribution in [0.5, 0.6) is 0 Å². The zero-order valence-electron chi connectivity index (χ0n) is 11.9. The zero-order chi connectivity index (χ0) is 14.8. The number of fused-ring (bicyclic) bond motifs is 1. The van der Waals surface area contributed by atoms with Crippen LogP contribution in [0.25, 0.3) is 0 Å². The number of urea groups is 1. The van der Waals surface area contributed by atoms with Gasteiger partial charge in [0, 0.05) is 18.3 Å². The summed E-state index contributed by atoms with van der Waals surface area (Å²) in [5, 5.41) is 11.8. The summed E-state index contributed by atoms with van der Waals surface area (Å²) in [5.74, 6) is -0.338. The highest BCUT2D eigenvalue weighted by Crippen LogP contribution is 2.36. The van der Waals surface area contributed by atoms with Crippen LogP contribution < -0.4 is 5.32 Å². The molecule has 2 aliphatic rings. The van der Waals surface area contributed by atoms with Crippen molar-refractivity contribution in [1.82, 2.24) is 4.90 Å². The van der Waals surface area contributed by atoms with E-state index >= 15 is 0 Å². The van der Waals surface area contributed by atoms with Crippen LogP contribution in [-0.4, -0.2) is 34.6 Å². The first kappa shape index (κ1) is 13.9. The van der Waals surface area contributed by atoms with Crippen molar-refractivity contribution in [3.8, 4) is 0 Å². The topological polar surface area (TPSA) is 69.6 Å². The molecule has 21 heavy (non-hydrogen) atoms. The minimum atomic E-state index is -0.986. The van der Waals surface area contributed by atoms with Crippen molar-refractivity contribution in [2.24, 2.45) is 5.92 Å². The molecule has 2 atom stereocenters. The summed E-state index contributed by atoms with van der Waals surface area (Å²) in [5.41, 5.74) is 0.727. The van der Waals surface area contributed by atoms with Crippen molar-refractivity contribution in [2.75, 3.05) is 11.9 Å². The maximum Gasteiger partial charge on any atom is 0.335 e. The molecule has 1 aliphatic carbocycles. The molecule has 1 saturated heterocycles. The van der Waals surface area contributed by atoms with E-state index in [1.54, 1.807) is 12.1 Å². The molecule has 1 aromatic rings. The molecule has 0 aromatic heterocycles. The second kappa shape index (κ2) is 5.76. The average Bonchev–Trinajstić information content (AvgIpc) is 2.95. The Labute approximate surface area is 123 Å². The van der Waals surface area contributed by atoms with E-state index in [9.17, 15) is 9.59 Å². The number of rotatable bonds is 2. The van der Waals surface area contributed by atoms with Gasteiger partial charge in [0.1, 0.15) is 0 Å². The number of carbonyl (C=O) groups is 2. The summed E-state index contributed by atoms with van der Waals surface area (Å²) in [4.78, 5) is 25.4. The molecule has 1 heterocycles. The third-order valence-corrected chi connectivity index (χ3v) is 4.61. The number of nitrogens with one attached hydrogen (secondary N) is 1. The third kappa shape index (κ3) is 2.86. The Morgan fingerprint density at radius 2 is 2.00 bits per heavy atom. The standard InChI is InChI=1S/C16H20N2O3/c19-15(20)12-5-1-7-13(10-12)17-16(21)18-9-3-6-11-4-2-8-14(11)18/h1,5,7,10-11,14H,2-4,6,8-9H2,(H,17,21)(H,19,20). The fraction of sp³-hybridized carbons (Fsp3) is 0.500. The maximum absolute atomic E-state index is 12.5. The second-order valence-electron chi connectivity index (χ2n) is 5.91. The van der Waals surface area contributed by atoms with Gasteiger partial charge in [0.2, 0.25) is 0 Å². The number of hydrogen-bond acceptors (Lipinski definition) is 2. The average molecular weight is 288 g/mol. The first-order chi connectivity index (χ1) is 10.1. The number of carboxylic acids is 1. The van der Waals surface area contributed by atoms with Gasteiger partial charge in [-0.15, -0.1) is 0 Å². The number of anilines is 1. The van der Waals surface area contributed by atoms with Gasteiger partial charge >= 0.3 is 12.0 Å². The number of likely N-dealkylation sites (tertiary alicyclic amines) is 1. The Morgan fingerprint density at radius 3 is 2.81 bits per heavy atom. The van der Waals surface area contributed by atoms with Crippen LogP contribution in [0.15, 0.2) is 24.3 Å². The highest BCUT2D eigenvalue weighted by Gasteiger charge is 2.37. The number of nitrogens with zero attached hydrogens (tertiary/aromatic N) is 1. The van der Waals surface area contributed by atoms with Gasteiger partial charge < -0.3 is 15.3 Å². The largest absolute Gasteiger partial charge is 0.478 e. The van der Waals surface area contributed by atoms with Crippen LogP contribution in [0.3, 0.4) is 0 Å². The van der Waals surface area contributed by atoms with E-state index in [2.05, 4.69) is 5.32 Å². The number of hydrogen-bond donors (Lipinski definition) is 2. The highest BCUT2D eigenvalue weighted by atomic mass is 16.4. The Bertz CT molecular complexity index is 558. The first-order valence-corrected chi connectivity index (χ1v) is 7.56. The van der Waals surface area contributed by atoms with Gasteiger partial charge in [0.25, 0.3) is 0 Å². The summed E-state index contributed by atoms with van der Waals surface area (Å²) in [7, 11) is 0. The summed E-state index contributed by atoms with van der Waals surface area (Å²) >= 11 is 0. The number of aromatic carboxylic acids is 1. The van der Waals surface area contributed by atoms with Crippen LogP contribution in [0, 0.1) is 5.92 Å². The normalized spacial score (nSPS) is 24.5. The molecule has 5 nitrogen and oxygen atoms in total. The van der Waals surface area contributed by atoms with Crippen LogP contribution in [0.2, 0.25) is 0 Å². The van der Waals surface area contributed by atoms with Crippen LogP contribution in [0.4, 0.5) is 10.5 Å². The summed E-state index contributed by atoms with van der Waals surface area (Å²) in [6, 6.07) is 6.64. The Morgan fingerprint density at radius 1 is 1.19 bits per heavy atom. The minimum absolute atomic E-state index is 0.103. The van der Waals surface area contributed by atoms with Crippen molar-refractivity contribution in [1.29, 1.82) is 0 Å². The van der Waals surface area contributed by atoms with Crippen molar-refractivity contribution in [3.63, 3.8) is 0 Å². The number of amides is 2. The second-order valence-corrected chi connectivity index (χ2v) is 5.91. The molecule has 1 aliphatic heterocycles. The number of benzene rings is 1. The van der Waals surface area contributed by atoms with E-state index in [0.29, 0.717) is 17.6 Å². The lowest BCUT2D eigenvalue weighted by molar-refractivity contribution is 0.0697. The molecule has 112 valence electrons. The SMILES string of the molecule is O=C(O)c1cccc(NC(=O)N2CCCC3CCCC32)c1. The molecule has 5 heteroatoms.